The van der Waals surface area contributed by atoms with Crippen molar-refractivity contribution in [2.45, 2.75) is 91.7 Å². The van der Waals surface area contributed by atoms with Crippen LogP contribution in [0.4, 0.5) is 11.4 Å². The molecule has 2 amide bonds. The summed E-state index contributed by atoms with van der Waals surface area (Å²) in [6, 6.07) is 34.4. The summed E-state index contributed by atoms with van der Waals surface area (Å²) in [6.07, 6.45) is 5.54. The Morgan fingerprint density at radius 2 is 1.53 bits per heavy atom. The van der Waals surface area contributed by atoms with Crippen molar-refractivity contribution in [3.63, 3.8) is 0 Å². The van der Waals surface area contributed by atoms with Crippen LogP contribution >= 0.6 is 23.4 Å². The number of nitrogens with one attached hydrogen (secondary N) is 3. The van der Waals surface area contributed by atoms with E-state index in [4.69, 9.17) is 21.1 Å². The van der Waals surface area contributed by atoms with Crippen molar-refractivity contribution in [2.75, 3.05) is 75.3 Å². The third-order valence-electron chi connectivity index (χ3n) is 13.3. The van der Waals surface area contributed by atoms with Crippen LogP contribution in [0.1, 0.15) is 80.8 Å². The molecule has 0 aromatic heterocycles. The molecule has 5 aromatic carbocycles. The number of anilines is 2. The second-order valence-electron chi connectivity index (χ2n) is 19.3. The molecular weight excluding hydrogens is 1060 g/mol. The lowest BCUT2D eigenvalue weighted by Crippen LogP contribution is -2.41. The molecule has 0 bridgehead atoms. The summed E-state index contributed by atoms with van der Waals surface area (Å²) in [4.78, 5) is 54.5. The van der Waals surface area contributed by atoms with Gasteiger partial charge in [-0.1, -0.05) is 92.4 Å². The number of rotatable bonds is 29. The van der Waals surface area contributed by atoms with Crippen molar-refractivity contribution in [1.29, 1.82) is 0 Å². The van der Waals surface area contributed by atoms with Crippen LogP contribution in [0.25, 0.3) is 11.1 Å². The van der Waals surface area contributed by atoms with E-state index in [-0.39, 0.29) is 40.5 Å². The van der Waals surface area contributed by atoms with Crippen molar-refractivity contribution in [3.8, 4) is 11.1 Å². The van der Waals surface area contributed by atoms with Crippen molar-refractivity contribution < 1.29 is 50.6 Å². The maximum absolute atomic E-state index is 13.7. The maximum atomic E-state index is 13.7. The number of carbonyl (C=O) groups excluding carboxylic acids is 4. The number of nitrogens with zero attached hydrogens (tertiary/aromatic N) is 2. The molecule has 77 heavy (non-hydrogen) atoms. The summed E-state index contributed by atoms with van der Waals surface area (Å²) >= 11 is 7.68. The normalized spacial score (nSPS) is 14.4. The zero-order chi connectivity index (χ0) is 55.5. The molecule has 0 spiro atoms. The molecular formula is C57H70ClN5O11S3. The molecule has 4 N–H and O–H groups in total. The summed E-state index contributed by atoms with van der Waals surface area (Å²) in [5.41, 5.74) is 3.91. The van der Waals surface area contributed by atoms with Gasteiger partial charge in [-0.3, -0.25) is 14.4 Å². The first-order chi connectivity index (χ1) is 36.8. The molecule has 1 aliphatic rings. The molecule has 5 aromatic rings. The molecule has 1 heterocycles. The number of carbonyl (C=O) groups is 4. The SMILES string of the molecule is CCCCCC(NC(=O)COCC(=O)OCCN(C)CC[C@H](CSc1ccccc1)Nc1ccc(S(=O)(=O)NC(=O)c2ccc(N3CCC([C@@H](O)c4ccccc4-c4ccc(Cl)cc4)CC3)cc2)cc1S(C)(=O)=O)C(C)=O. The Balaban J connectivity index is 1.02. The van der Waals surface area contributed by atoms with Crippen LogP contribution in [0.5, 0.6) is 0 Å². The fourth-order valence-corrected chi connectivity index (χ4v) is 12.0. The number of sulfone groups is 1. The molecule has 1 unspecified atom stereocenters. The molecule has 0 aliphatic carbocycles. The number of aliphatic hydroxyl groups is 1. The minimum absolute atomic E-state index is 0.0191. The predicted molar refractivity (Wildman–Crippen MR) is 303 cm³/mol. The fraction of sp³-hybridized carbons (Fsp3) is 0.404. The maximum Gasteiger partial charge on any atom is 0.332 e. The van der Waals surface area contributed by atoms with E-state index in [9.17, 15) is 41.1 Å². The quantitative estimate of drug-likeness (QED) is 0.0200. The Labute approximate surface area is 462 Å². The lowest BCUT2D eigenvalue weighted by Gasteiger charge is -2.36. The number of benzene rings is 5. The van der Waals surface area contributed by atoms with Gasteiger partial charge in [0.1, 0.15) is 19.8 Å². The van der Waals surface area contributed by atoms with Gasteiger partial charge in [0, 0.05) is 58.9 Å². The van der Waals surface area contributed by atoms with Crippen molar-refractivity contribution in [2.24, 2.45) is 5.92 Å². The Hall–Kier alpha value is -5.80. The Kier molecular flexibility index (Phi) is 23.0. The third kappa shape index (κ3) is 18.7. The Bertz CT molecular complexity index is 2980. The topological polar surface area (TPSA) is 218 Å². The summed E-state index contributed by atoms with van der Waals surface area (Å²) in [7, 11) is -6.72. The number of hydrogen-bond donors (Lipinski definition) is 4. The third-order valence-corrected chi connectivity index (χ3v) is 17.2. The number of sulfonamides is 1. The lowest BCUT2D eigenvalue weighted by atomic mass is 9.84. The highest BCUT2D eigenvalue weighted by Crippen LogP contribution is 2.38. The van der Waals surface area contributed by atoms with Gasteiger partial charge in [-0.25, -0.2) is 26.4 Å². The zero-order valence-electron chi connectivity index (χ0n) is 44.0. The highest BCUT2D eigenvalue weighted by atomic mass is 35.5. The number of esters is 1. The number of ether oxygens (including phenoxy) is 2. The molecule has 16 nitrogen and oxygen atoms in total. The van der Waals surface area contributed by atoms with Gasteiger partial charge >= 0.3 is 5.97 Å². The molecule has 0 radical (unpaired) electrons. The zero-order valence-corrected chi connectivity index (χ0v) is 47.2. The van der Waals surface area contributed by atoms with E-state index in [1.807, 2.05) is 97.7 Å². The molecule has 414 valence electrons. The number of Topliss-reactive ketones (excluding diaryl/α,β-unsaturated/α-hetero) is 1. The van der Waals surface area contributed by atoms with Crippen LogP contribution < -0.4 is 20.3 Å². The van der Waals surface area contributed by atoms with E-state index >= 15 is 0 Å². The molecule has 0 saturated carbocycles. The number of hydrogen-bond acceptors (Lipinski definition) is 15. The Morgan fingerprint density at radius 3 is 2.21 bits per heavy atom. The number of ketones is 1. The first kappa shape index (κ1) is 60.4. The van der Waals surface area contributed by atoms with E-state index in [0.29, 0.717) is 49.8 Å². The number of halogens is 1. The van der Waals surface area contributed by atoms with Gasteiger partial charge < -0.3 is 35.0 Å². The first-order valence-electron chi connectivity index (χ1n) is 25.8. The summed E-state index contributed by atoms with van der Waals surface area (Å²) in [6.45, 7) is 4.85. The number of unbranched alkanes of at least 4 members (excludes halogenated alkanes) is 2. The van der Waals surface area contributed by atoms with Crippen LogP contribution in [0.2, 0.25) is 5.02 Å². The highest BCUT2D eigenvalue weighted by Gasteiger charge is 2.29. The molecule has 6 rings (SSSR count). The van der Waals surface area contributed by atoms with E-state index in [1.54, 1.807) is 36.0 Å². The second-order valence-corrected chi connectivity index (χ2v) is 24.5. The van der Waals surface area contributed by atoms with Gasteiger partial charge in [-0.15, -0.1) is 11.8 Å². The van der Waals surface area contributed by atoms with E-state index in [1.165, 1.54) is 19.1 Å². The Morgan fingerprint density at radius 1 is 0.844 bits per heavy atom. The van der Waals surface area contributed by atoms with E-state index in [0.717, 1.165) is 71.7 Å². The smallest absolute Gasteiger partial charge is 0.332 e. The monoisotopic (exact) mass is 1130 g/mol. The molecule has 1 aliphatic heterocycles. The van der Waals surface area contributed by atoms with Gasteiger partial charge in [0.2, 0.25) is 5.91 Å². The van der Waals surface area contributed by atoms with Gasteiger partial charge in [0.25, 0.3) is 15.9 Å². The molecule has 20 heteroatoms. The number of thioether (sulfide) groups is 1. The summed E-state index contributed by atoms with van der Waals surface area (Å²) < 4.78 is 66.7. The average Bonchev–Trinajstić information content (AvgIpc) is 3.41. The summed E-state index contributed by atoms with van der Waals surface area (Å²) in [5, 5.41) is 18.2. The van der Waals surface area contributed by atoms with Crippen LogP contribution in [-0.4, -0.2) is 128 Å². The number of amides is 2. The number of aliphatic hydroxyl groups excluding tert-OH is 1. The van der Waals surface area contributed by atoms with Gasteiger partial charge in [0.15, 0.2) is 15.6 Å². The predicted octanol–water partition coefficient (Wildman–Crippen LogP) is 8.59. The molecule has 1 fully saturated rings. The van der Waals surface area contributed by atoms with Gasteiger partial charge in [-0.2, -0.15) is 0 Å². The minimum atomic E-state index is -4.54. The lowest BCUT2D eigenvalue weighted by molar-refractivity contribution is -0.150. The van der Waals surface area contributed by atoms with Crippen LogP contribution in [0, 0.1) is 5.92 Å². The largest absolute Gasteiger partial charge is 0.463 e. The van der Waals surface area contributed by atoms with Gasteiger partial charge in [-0.05, 0) is 136 Å². The number of likely N-dealkylation sites (N-methyl/N-ethyl adjacent to an activating group) is 1. The van der Waals surface area contributed by atoms with Crippen molar-refractivity contribution in [3.05, 3.63) is 137 Å². The minimum Gasteiger partial charge on any atom is -0.463 e. The molecule has 1 saturated heterocycles. The van der Waals surface area contributed by atoms with Crippen LogP contribution in [-0.2, 0) is 43.7 Å². The highest BCUT2D eigenvalue weighted by molar-refractivity contribution is 7.99. The van der Waals surface area contributed by atoms with Crippen molar-refractivity contribution in [1.82, 2.24) is 14.9 Å². The molecule has 3 atom stereocenters. The van der Waals surface area contributed by atoms with Crippen molar-refractivity contribution >= 4 is 78.2 Å². The number of piperidine rings is 1. The van der Waals surface area contributed by atoms with E-state index in [2.05, 4.69) is 20.3 Å². The summed E-state index contributed by atoms with van der Waals surface area (Å²) in [5.74, 6) is -1.65. The van der Waals surface area contributed by atoms with Crippen LogP contribution in [0.15, 0.2) is 136 Å². The average molecular weight is 1130 g/mol. The fourth-order valence-electron chi connectivity index (χ4n) is 8.95. The van der Waals surface area contributed by atoms with Gasteiger partial charge in [0.05, 0.1) is 27.6 Å². The van der Waals surface area contributed by atoms with E-state index < -0.39 is 67.9 Å². The second kappa shape index (κ2) is 29.3. The van der Waals surface area contributed by atoms with Crippen LogP contribution in [0.3, 0.4) is 0 Å². The standard InChI is InChI=1S/C57H70ClN5O11S3/c1-5-6-8-17-51(40(2)64)60-54(65)37-73-38-55(66)74-35-34-62(3)31-30-45(39-75-47-13-9-7-10-14-47)59-52-27-26-48(36-53(52)76(4,69)70)77(71,72)61-57(68)43-20-24-46(25-21-43)63-32-28-42(29-33-63)56(67)50-16-12-11-15-49(50)41-18-22-44(58)23-19-41/h7,9-16,18-27,36,42,45,51,56,59,67H,5-6,8,17,28-35,37-39H2,1-4H3,(H,60,65)(H,61,68)/t45-,51?,56-/m1/s1. The first-order valence-corrected chi connectivity index (χ1v) is 30.5.